The number of rotatable bonds is 2. The van der Waals surface area contributed by atoms with Crippen molar-refractivity contribution in [2.75, 3.05) is 5.73 Å². The SMILES string of the molecule is CCc1c(C)nc(-c2ccc(Br)cc2Cl)nc1N. The van der Waals surface area contributed by atoms with E-state index in [9.17, 15) is 0 Å². The summed E-state index contributed by atoms with van der Waals surface area (Å²) in [5, 5.41) is 0.604. The number of hydrogen-bond acceptors (Lipinski definition) is 3. The van der Waals surface area contributed by atoms with Crippen LogP contribution in [0.1, 0.15) is 18.2 Å². The largest absolute Gasteiger partial charge is 0.383 e. The number of nitrogens with zero attached hydrogens (tertiary/aromatic N) is 2. The van der Waals surface area contributed by atoms with E-state index in [0.29, 0.717) is 16.7 Å². The number of halogens is 2. The Morgan fingerprint density at radius 1 is 1.33 bits per heavy atom. The predicted molar refractivity (Wildman–Crippen MR) is 78.7 cm³/mol. The zero-order valence-electron chi connectivity index (χ0n) is 10.2. The normalized spacial score (nSPS) is 10.7. The average Bonchev–Trinajstić information content (AvgIpc) is 2.28. The molecule has 0 fully saturated rings. The number of anilines is 1. The third-order valence-electron chi connectivity index (χ3n) is 2.77. The van der Waals surface area contributed by atoms with E-state index in [1.807, 2.05) is 32.0 Å². The van der Waals surface area contributed by atoms with Gasteiger partial charge < -0.3 is 5.73 Å². The van der Waals surface area contributed by atoms with E-state index < -0.39 is 0 Å². The predicted octanol–water partition coefficient (Wildman–Crippen LogP) is 4.01. The lowest BCUT2D eigenvalue weighted by molar-refractivity contribution is 1.01. The fraction of sp³-hybridized carbons (Fsp3) is 0.231. The first-order valence-corrected chi connectivity index (χ1v) is 6.78. The Kier molecular flexibility index (Phi) is 3.88. The summed E-state index contributed by atoms with van der Waals surface area (Å²) in [5.74, 6) is 1.10. The Morgan fingerprint density at radius 2 is 2.06 bits per heavy atom. The van der Waals surface area contributed by atoms with E-state index >= 15 is 0 Å². The van der Waals surface area contributed by atoms with Gasteiger partial charge in [-0.25, -0.2) is 9.97 Å². The van der Waals surface area contributed by atoms with Gasteiger partial charge in [0.05, 0.1) is 5.02 Å². The second kappa shape index (κ2) is 5.24. The maximum Gasteiger partial charge on any atom is 0.163 e. The minimum atomic E-state index is 0.527. The van der Waals surface area contributed by atoms with Crippen molar-refractivity contribution in [3.8, 4) is 11.4 Å². The Bertz CT molecular complexity index is 576. The summed E-state index contributed by atoms with van der Waals surface area (Å²) >= 11 is 9.56. The molecule has 0 aliphatic heterocycles. The highest BCUT2D eigenvalue weighted by molar-refractivity contribution is 9.10. The van der Waals surface area contributed by atoms with Gasteiger partial charge in [0.1, 0.15) is 5.82 Å². The first-order chi connectivity index (χ1) is 8.52. The van der Waals surface area contributed by atoms with E-state index in [4.69, 9.17) is 17.3 Å². The van der Waals surface area contributed by atoms with Crippen LogP contribution in [0.2, 0.25) is 5.02 Å². The monoisotopic (exact) mass is 325 g/mol. The molecular formula is C13H13BrClN3. The van der Waals surface area contributed by atoms with Crippen LogP contribution in [0.15, 0.2) is 22.7 Å². The topological polar surface area (TPSA) is 51.8 Å². The lowest BCUT2D eigenvalue weighted by Crippen LogP contribution is -2.04. The molecule has 2 N–H and O–H groups in total. The van der Waals surface area contributed by atoms with Crippen LogP contribution in [-0.2, 0) is 6.42 Å². The summed E-state index contributed by atoms with van der Waals surface area (Å²) in [6.07, 6.45) is 0.825. The third kappa shape index (κ3) is 2.49. The molecule has 5 heteroatoms. The molecule has 0 saturated carbocycles. The molecule has 0 amide bonds. The Hall–Kier alpha value is -1.13. The van der Waals surface area contributed by atoms with Crippen molar-refractivity contribution < 1.29 is 0 Å². The zero-order chi connectivity index (χ0) is 13.3. The van der Waals surface area contributed by atoms with Gasteiger partial charge in [-0.15, -0.1) is 0 Å². The molecule has 3 nitrogen and oxygen atoms in total. The average molecular weight is 327 g/mol. The van der Waals surface area contributed by atoms with E-state index in [2.05, 4.69) is 25.9 Å². The lowest BCUT2D eigenvalue weighted by atomic mass is 10.1. The van der Waals surface area contributed by atoms with Gasteiger partial charge in [-0.1, -0.05) is 34.5 Å². The number of nitrogens with two attached hydrogens (primary N) is 1. The van der Waals surface area contributed by atoms with Gasteiger partial charge in [0.2, 0.25) is 0 Å². The fourth-order valence-electron chi connectivity index (χ4n) is 1.85. The second-order valence-electron chi connectivity index (χ2n) is 3.97. The van der Waals surface area contributed by atoms with Crippen LogP contribution >= 0.6 is 27.5 Å². The van der Waals surface area contributed by atoms with E-state index in [1.54, 1.807) is 0 Å². The molecule has 1 aromatic heterocycles. The molecule has 0 aliphatic rings. The van der Waals surface area contributed by atoms with Crippen molar-refractivity contribution in [2.45, 2.75) is 20.3 Å². The molecule has 0 spiro atoms. The quantitative estimate of drug-likeness (QED) is 0.907. The van der Waals surface area contributed by atoms with Crippen molar-refractivity contribution in [2.24, 2.45) is 0 Å². The van der Waals surface area contributed by atoms with Gasteiger partial charge in [0, 0.05) is 21.3 Å². The summed E-state index contributed by atoms with van der Waals surface area (Å²) in [7, 11) is 0. The Morgan fingerprint density at radius 3 is 2.61 bits per heavy atom. The molecule has 0 saturated heterocycles. The third-order valence-corrected chi connectivity index (χ3v) is 3.58. The van der Waals surface area contributed by atoms with Gasteiger partial charge >= 0.3 is 0 Å². The molecule has 94 valence electrons. The van der Waals surface area contributed by atoms with Gasteiger partial charge in [-0.05, 0) is 31.5 Å². The summed E-state index contributed by atoms with van der Waals surface area (Å²) in [6.45, 7) is 3.97. The molecule has 18 heavy (non-hydrogen) atoms. The molecule has 0 unspecified atom stereocenters. The van der Waals surface area contributed by atoms with Crippen molar-refractivity contribution in [3.05, 3.63) is 39.0 Å². The fourth-order valence-corrected chi connectivity index (χ4v) is 2.60. The van der Waals surface area contributed by atoms with Gasteiger partial charge in [-0.2, -0.15) is 0 Å². The number of nitrogen functional groups attached to an aromatic ring is 1. The van der Waals surface area contributed by atoms with Gasteiger partial charge in [0.15, 0.2) is 5.82 Å². The highest BCUT2D eigenvalue weighted by Crippen LogP contribution is 2.29. The zero-order valence-corrected chi connectivity index (χ0v) is 12.5. The summed E-state index contributed by atoms with van der Waals surface area (Å²) in [5.41, 5.74) is 8.63. The summed E-state index contributed by atoms with van der Waals surface area (Å²) in [6, 6.07) is 5.61. The van der Waals surface area contributed by atoms with E-state index in [1.165, 1.54) is 0 Å². The van der Waals surface area contributed by atoms with E-state index in [-0.39, 0.29) is 0 Å². The van der Waals surface area contributed by atoms with Crippen LogP contribution in [-0.4, -0.2) is 9.97 Å². The second-order valence-corrected chi connectivity index (χ2v) is 5.30. The van der Waals surface area contributed by atoms with Crippen molar-refractivity contribution in [3.63, 3.8) is 0 Å². The van der Waals surface area contributed by atoms with Crippen LogP contribution in [0.4, 0.5) is 5.82 Å². The lowest BCUT2D eigenvalue weighted by Gasteiger charge is -2.10. The molecule has 0 radical (unpaired) electrons. The standard InChI is InChI=1S/C13H13BrClN3/c1-3-9-7(2)17-13(18-12(9)16)10-5-4-8(14)6-11(10)15/h4-6H,3H2,1-2H3,(H2,16,17,18). The summed E-state index contributed by atoms with van der Waals surface area (Å²) < 4.78 is 0.922. The Labute approximate surface area is 120 Å². The van der Waals surface area contributed by atoms with Crippen molar-refractivity contribution >= 4 is 33.3 Å². The Balaban J connectivity index is 2.58. The number of hydrogen-bond donors (Lipinski definition) is 1. The van der Waals surface area contributed by atoms with Gasteiger partial charge in [-0.3, -0.25) is 0 Å². The van der Waals surface area contributed by atoms with Crippen molar-refractivity contribution in [1.82, 2.24) is 9.97 Å². The van der Waals surface area contributed by atoms with Crippen molar-refractivity contribution in [1.29, 1.82) is 0 Å². The molecule has 1 aromatic carbocycles. The van der Waals surface area contributed by atoms with E-state index in [0.717, 1.165) is 27.7 Å². The molecule has 2 aromatic rings. The molecule has 0 atom stereocenters. The molecule has 0 bridgehead atoms. The van der Waals surface area contributed by atoms with Crippen LogP contribution in [0.3, 0.4) is 0 Å². The summed E-state index contributed by atoms with van der Waals surface area (Å²) in [4.78, 5) is 8.81. The van der Waals surface area contributed by atoms with Crippen LogP contribution in [0.25, 0.3) is 11.4 Å². The minimum absolute atomic E-state index is 0.527. The molecule has 1 heterocycles. The first-order valence-electron chi connectivity index (χ1n) is 5.61. The van der Waals surface area contributed by atoms with Crippen LogP contribution in [0.5, 0.6) is 0 Å². The number of aromatic nitrogens is 2. The highest BCUT2D eigenvalue weighted by atomic mass is 79.9. The smallest absolute Gasteiger partial charge is 0.163 e. The van der Waals surface area contributed by atoms with Gasteiger partial charge in [0.25, 0.3) is 0 Å². The maximum absolute atomic E-state index is 6.19. The van der Waals surface area contributed by atoms with Crippen LogP contribution < -0.4 is 5.73 Å². The number of benzene rings is 1. The highest BCUT2D eigenvalue weighted by Gasteiger charge is 2.11. The molecular weight excluding hydrogens is 314 g/mol. The maximum atomic E-state index is 6.19. The molecule has 2 rings (SSSR count). The molecule has 0 aliphatic carbocycles. The van der Waals surface area contributed by atoms with Crippen LogP contribution in [0, 0.1) is 6.92 Å². The first kappa shape index (κ1) is 13.3. The number of aryl methyl sites for hydroxylation is 1. The minimum Gasteiger partial charge on any atom is -0.383 e.